The van der Waals surface area contributed by atoms with Crippen molar-refractivity contribution in [2.24, 2.45) is 0 Å². The molecule has 1 aromatic heterocycles. The van der Waals surface area contributed by atoms with Gasteiger partial charge in [0, 0.05) is 10.6 Å². The first-order valence-electron chi connectivity index (χ1n) is 7.87. The largest absolute Gasteiger partial charge is 0.320 e. The number of piperidine rings is 1. The smallest absolute Gasteiger partial charge is 0.278 e. The van der Waals surface area contributed by atoms with Gasteiger partial charge in [-0.3, -0.25) is 4.79 Å². The molecule has 0 bridgehead atoms. The number of rotatable bonds is 4. The van der Waals surface area contributed by atoms with Gasteiger partial charge in [0.25, 0.3) is 5.91 Å². The molecule has 0 aliphatic carbocycles. The summed E-state index contributed by atoms with van der Waals surface area (Å²) in [7, 11) is 0. The highest BCUT2D eigenvalue weighted by Gasteiger charge is 2.23. The molecule has 2 N–H and O–H groups in total. The summed E-state index contributed by atoms with van der Waals surface area (Å²) in [4.78, 5) is 13.0. The highest BCUT2D eigenvalue weighted by Crippen LogP contribution is 2.23. The number of amides is 1. The van der Waals surface area contributed by atoms with Crippen LogP contribution in [0.1, 0.15) is 35.1 Å². The van der Waals surface area contributed by atoms with Crippen LogP contribution in [0.25, 0.3) is 0 Å². The monoisotopic (exact) mass is 349 g/mol. The van der Waals surface area contributed by atoms with Gasteiger partial charge >= 0.3 is 0 Å². The highest BCUT2D eigenvalue weighted by molar-refractivity contribution is 7.98. The van der Waals surface area contributed by atoms with Crippen molar-refractivity contribution >= 4 is 23.4 Å². The zero-order valence-electron chi connectivity index (χ0n) is 13.7. The molecule has 0 saturated carbocycles. The molecule has 0 spiro atoms. The molecule has 1 saturated heterocycles. The molecule has 0 atom stereocenters. The molecule has 0 unspecified atom stereocenters. The number of carbonyl (C=O) groups excluding carboxylic acids is 1. The minimum atomic E-state index is -0.371. The molecule has 24 heavy (non-hydrogen) atoms. The maximum Gasteiger partial charge on any atom is 0.278 e. The third kappa shape index (κ3) is 3.44. The molecule has 1 aliphatic rings. The minimum Gasteiger partial charge on any atom is -0.320 e. The lowest BCUT2D eigenvalue weighted by atomic mass is 10.1. The van der Waals surface area contributed by atoms with Crippen LogP contribution in [-0.4, -0.2) is 40.2 Å². The van der Waals surface area contributed by atoms with E-state index in [1.54, 1.807) is 18.4 Å². The average Bonchev–Trinajstić information content (AvgIpc) is 2.97. The Bertz CT molecular complexity index is 742. The Morgan fingerprint density at radius 2 is 2.17 bits per heavy atom. The summed E-state index contributed by atoms with van der Waals surface area (Å²) in [5, 5.41) is 14.2. The number of hydrogen-bond donors (Lipinski definition) is 2. The summed E-state index contributed by atoms with van der Waals surface area (Å²) in [5.41, 5.74) is 1.43. The van der Waals surface area contributed by atoms with Crippen LogP contribution in [0.15, 0.2) is 23.1 Å². The molecule has 3 rings (SSSR count). The number of carbonyl (C=O) groups is 1. The summed E-state index contributed by atoms with van der Waals surface area (Å²) < 4.78 is 15.6. The maximum atomic E-state index is 13.8. The number of nitrogens with one attached hydrogen (secondary N) is 2. The van der Waals surface area contributed by atoms with E-state index in [4.69, 9.17) is 0 Å². The van der Waals surface area contributed by atoms with Crippen molar-refractivity contribution in [2.45, 2.75) is 30.7 Å². The van der Waals surface area contributed by atoms with Crippen molar-refractivity contribution in [1.82, 2.24) is 20.3 Å². The van der Waals surface area contributed by atoms with Gasteiger partial charge in [0.2, 0.25) is 0 Å². The minimum absolute atomic E-state index is 0.263. The molecule has 6 nitrogen and oxygen atoms in total. The summed E-state index contributed by atoms with van der Waals surface area (Å²) in [6.45, 7) is 3.72. The van der Waals surface area contributed by atoms with Crippen molar-refractivity contribution in [2.75, 3.05) is 24.7 Å². The number of hydrogen-bond acceptors (Lipinski definition) is 5. The van der Waals surface area contributed by atoms with E-state index in [1.807, 2.05) is 11.6 Å². The number of nitrogens with zero attached hydrogens (tertiary/aromatic N) is 3. The normalized spacial score (nSPS) is 15.5. The molecule has 1 amide bonds. The van der Waals surface area contributed by atoms with Crippen LogP contribution >= 0.6 is 11.8 Å². The second-order valence-corrected chi connectivity index (χ2v) is 6.60. The molecular formula is C16H20FN5OS. The Morgan fingerprint density at radius 3 is 2.83 bits per heavy atom. The summed E-state index contributed by atoms with van der Waals surface area (Å²) >= 11 is 1.32. The first kappa shape index (κ1) is 16.9. The van der Waals surface area contributed by atoms with Crippen LogP contribution in [-0.2, 0) is 0 Å². The van der Waals surface area contributed by atoms with Gasteiger partial charge in [-0.05, 0) is 57.3 Å². The molecule has 0 radical (unpaired) electrons. The fourth-order valence-electron chi connectivity index (χ4n) is 2.88. The van der Waals surface area contributed by atoms with Crippen molar-refractivity contribution < 1.29 is 9.18 Å². The predicted molar refractivity (Wildman–Crippen MR) is 92.0 cm³/mol. The van der Waals surface area contributed by atoms with Gasteiger partial charge in [0.05, 0.1) is 11.7 Å². The van der Waals surface area contributed by atoms with Gasteiger partial charge in [-0.1, -0.05) is 5.21 Å². The Kier molecular flexibility index (Phi) is 5.15. The molecule has 1 aliphatic heterocycles. The van der Waals surface area contributed by atoms with E-state index in [0.717, 1.165) is 31.6 Å². The number of anilines is 1. The second kappa shape index (κ2) is 7.31. The number of benzene rings is 1. The van der Waals surface area contributed by atoms with Gasteiger partial charge in [-0.2, -0.15) is 0 Å². The van der Waals surface area contributed by atoms with Crippen LogP contribution in [0.4, 0.5) is 10.1 Å². The number of thioether (sulfide) groups is 1. The Morgan fingerprint density at radius 1 is 1.42 bits per heavy atom. The van der Waals surface area contributed by atoms with Crippen LogP contribution in [0.5, 0.6) is 0 Å². The molecule has 128 valence electrons. The first-order valence-corrected chi connectivity index (χ1v) is 9.10. The molecule has 8 heteroatoms. The maximum absolute atomic E-state index is 13.8. The van der Waals surface area contributed by atoms with E-state index in [1.165, 1.54) is 17.8 Å². The van der Waals surface area contributed by atoms with Gasteiger partial charge < -0.3 is 10.6 Å². The zero-order valence-corrected chi connectivity index (χ0v) is 14.5. The van der Waals surface area contributed by atoms with Gasteiger partial charge in [0.1, 0.15) is 5.82 Å². The fourth-order valence-corrected chi connectivity index (χ4v) is 3.34. The van der Waals surface area contributed by atoms with Crippen LogP contribution in [0.3, 0.4) is 0 Å². The van der Waals surface area contributed by atoms with E-state index in [2.05, 4.69) is 20.9 Å². The van der Waals surface area contributed by atoms with Crippen molar-refractivity contribution in [3.8, 4) is 0 Å². The van der Waals surface area contributed by atoms with E-state index in [-0.39, 0.29) is 23.5 Å². The van der Waals surface area contributed by atoms with Crippen LogP contribution in [0, 0.1) is 12.7 Å². The standard InChI is InChI=1S/C16H20FN5OS/c1-10-15(20-21-22(10)12-5-7-18-8-6-12)16(23)19-11-3-4-14(24-2)13(17)9-11/h3-4,9,12,18H,5-8H2,1-2H3,(H,19,23). The number of aromatic nitrogens is 3. The molecule has 1 aromatic carbocycles. The summed E-state index contributed by atoms with van der Waals surface area (Å²) in [6, 6.07) is 4.91. The highest BCUT2D eigenvalue weighted by atomic mass is 32.2. The first-order chi connectivity index (χ1) is 11.6. The molecule has 2 heterocycles. The predicted octanol–water partition coefficient (Wildman–Crippen LogP) is 2.62. The molecular weight excluding hydrogens is 329 g/mol. The fraction of sp³-hybridized carbons (Fsp3) is 0.438. The van der Waals surface area contributed by atoms with E-state index in [9.17, 15) is 9.18 Å². The Hall–Kier alpha value is -1.93. The molecule has 1 fully saturated rings. The summed E-state index contributed by atoms with van der Waals surface area (Å²) in [6.07, 6.45) is 3.73. The van der Waals surface area contributed by atoms with Crippen molar-refractivity contribution in [3.05, 3.63) is 35.4 Å². The van der Waals surface area contributed by atoms with Gasteiger partial charge in [0.15, 0.2) is 5.69 Å². The lowest BCUT2D eigenvalue weighted by molar-refractivity contribution is 0.102. The third-order valence-corrected chi connectivity index (χ3v) is 4.98. The molecule has 2 aromatic rings. The SMILES string of the molecule is CSc1ccc(NC(=O)c2nnn(C3CCNCC3)c2C)cc1F. The third-order valence-electron chi connectivity index (χ3n) is 4.21. The topological polar surface area (TPSA) is 71.8 Å². The van der Waals surface area contributed by atoms with Crippen LogP contribution in [0.2, 0.25) is 0 Å². The van der Waals surface area contributed by atoms with Gasteiger partial charge in [-0.25, -0.2) is 9.07 Å². The Balaban J connectivity index is 1.75. The Labute approximate surface area is 144 Å². The van der Waals surface area contributed by atoms with Crippen LogP contribution < -0.4 is 10.6 Å². The second-order valence-electron chi connectivity index (χ2n) is 5.75. The van der Waals surface area contributed by atoms with E-state index in [0.29, 0.717) is 10.6 Å². The quantitative estimate of drug-likeness (QED) is 0.830. The summed E-state index contributed by atoms with van der Waals surface area (Å²) in [5.74, 6) is -0.723. The van der Waals surface area contributed by atoms with Crippen molar-refractivity contribution in [3.63, 3.8) is 0 Å². The zero-order chi connectivity index (χ0) is 17.1. The lowest BCUT2D eigenvalue weighted by Crippen LogP contribution is -2.30. The van der Waals surface area contributed by atoms with E-state index >= 15 is 0 Å². The number of halogens is 1. The van der Waals surface area contributed by atoms with Gasteiger partial charge in [-0.15, -0.1) is 16.9 Å². The average molecular weight is 349 g/mol. The lowest BCUT2D eigenvalue weighted by Gasteiger charge is -2.23. The van der Waals surface area contributed by atoms with Crippen molar-refractivity contribution in [1.29, 1.82) is 0 Å². The van der Waals surface area contributed by atoms with E-state index < -0.39 is 0 Å².